The van der Waals surface area contributed by atoms with E-state index in [0.29, 0.717) is 0 Å². The molecule has 1 aromatic heterocycles. The molecule has 1 heterocycles. The summed E-state index contributed by atoms with van der Waals surface area (Å²) in [7, 11) is 1.79. The van der Waals surface area contributed by atoms with E-state index in [1.165, 1.54) is 0 Å². The second kappa shape index (κ2) is 3.28. The molecule has 0 saturated heterocycles. The number of alkyl halides is 2. The van der Waals surface area contributed by atoms with E-state index in [1.807, 2.05) is 20.8 Å². The van der Waals surface area contributed by atoms with Crippen LogP contribution in [0.25, 0.3) is 0 Å². The van der Waals surface area contributed by atoms with Crippen molar-refractivity contribution in [3.05, 3.63) is 17.5 Å². The first-order valence-corrected chi connectivity index (χ1v) is 5.75. The molecule has 1 aliphatic rings. The number of halogens is 2. The molecule has 2 N–H and O–H groups in total. The zero-order chi connectivity index (χ0) is 13.1. The first-order valence-electron chi connectivity index (χ1n) is 5.75. The van der Waals surface area contributed by atoms with Crippen molar-refractivity contribution in [3.63, 3.8) is 0 Å². The molecule has 1 saturated carbocycles. The number of nitrogens with zero attached hydrogens (tertiary/aromatic N) is 2. The van der Waals surface area contributed by atoms with Crippen LogP contribution in [0.4, 0.5) is 8.78 Å². The van der Waals surface area contributed by atoms with Crippen LogP contribution in [0, 0.1) is 0 Å². The molecule has 0 amide bonds. The summed E-state index contributed by atoms with van der Waals surface area (Å²) in [5.74, 6) is -2.63. The quantitative estimate of drug-likeness (QED) is 0.822. The molecule has 5 heteroatoms. The summed E-state index contributed by atoms with van der Waals surface area (Å²) in [6, 6.07) is 0. The fourth-order valence-corrected chi connectivity index (χ4v) is 2.47. The summed E-state index contributed by atoms with van der Waals surface area (Å²) >= 11 is 0. The van der Waals surface area contributed by atoms with Crippen molar-refractivity contribution in [2.75, 3.05) is 0 Å². The van der Waals surface area contributed by atoms with Gasteiger partial charge in [-0.2, -0.15) is 5.10 Å². The van der Waals surface area contributed by atoms with Crippen LogP contribution in [0.1, 0.15) is 44.9 Å². The fraction of sp³-hybridized carbons (Fsp3) is 0.750. The first-order chi connectivity index (χ1) is 7.54. The van der Waals surface area contributed by atoms with Crippen molar-refractivity contribution in [1.29, 1.82) is 0 Å². The molecule has 1 fully saturated rings. The summed E-state index contributed by atoms with van der Waals surface area (Å²) in [4.78, 5) is 0. The highest BCUT2D eigenvalue weighted by Crippen LogP contribution is 2.51. The lowest BCUT2D eigenvalue weighted by Crippen LogP contribution is -2.56. The lowest BCUT2D eigenvalue weighted by molar-refractivity contribution is -0.125. The molecule has 1 aliphatic carbocycles. The maximum absolute atomic E-state index is 13.0. The van der Waals surface area contributed by atoms with Crippen LogP contribution >= 0.6 is 0 Å². The Balaban J connectivity index is 2.40. The van der Waals surface area contributed by atoms with Gasteiger partial charge < -0.3 is 5.73 Å². The largest absolute Gasteiger partial charge is 0.321 e. The molecule has 0 aliphatic heterocycles. The molecular formula is C12H19F2N3. The molecule has 0 bridgehead atoms. The SMILES string of the molecule is Cn1cc(C2(N)CC(F)(F)C2)c(C(C)(C)C)n1. The smallest absolute Gasteiger partial charge is 0.252 e. The molecular weight excluding hydrogens is 224 g/mol. The minimum absolute atomic E-state index is 0.187. The van der Waals surface area contributed by atoms with Crippen LogP contribution in [-0.2, 0) is 18.0 Å². The van der Waals surface area contributed by atoms with E-state index >= 15 is 0 Å². The van der Waals surface area contributed by atoms with Gasteiger partial charge in [0.15, 0.2) is 0 Å². The minimum atomic E-state index is -2.63. The third-order valence-electron chi connectivity index (χ3n) is 3.22. The van der Waals surface area contributed by atoms with Gasteiger partial charge in [0, 0.05) is 37.1 Å². The Morgan fingerprint density at radius 3 is 2.29 bits per heavy atom. The Hall–Kier alpha value is -0.970. The van der Waals surface area contributed by atoms with E-state index in [4.69, 9.17) is 5.73 Å². The molecule has 2 rings (SSSR count). The second-order valence-electron chi connectivity index (χ2n) is 6.18. The fourth-order valence-electron chi connectivity index (χ4n) is 2.47. The number of aromatic nitrogens is 2. The van der Waals surface area contributed by atoms with Gasteiger partial charge in [0.2, 0.25) is 0 Å². The van der Waals surface area contributed by atoms with Gasteiger partial charge in [0.05, 0.1) is 11.2 Å². The lowest BCUT2D eigenvalue weighted by Gasteiger charge is -2.45. The highest BCUT2D eigenvalue weighted by atomic mass is 19.3. The summed E-state index contributed by atoms with van der Waals surface area (Å²) in [6.07, 6.45) is 1.21. The minimum Gasteiger partial charge on any atom is -0.321 e. The van der Waals surface area contributed by atoms with Crippen molar-refractivity contribution in [3.8, 4) is 0 Å². The van der Waals surface area contributed by atoms with Crippen molar-refractivity contribution < 1.29 is 8.78 Å². The molecule has 0 radical (unpaired) electrons. The normalized spacial score (nSPS) is 22.3. The molecule has 0 aromatic carbocycles. The van der Waals surface area contributed by atoms with Crippen LogP contribution < -0.4 is 5.73 Å². The van der Waals surface area contributed by atoms with E-state index < -0.39 is 11.5 Å². The maximum atomic E-state index is 13.0. The van der Waals surface area contributed by atoms with Crippen molar-refractivity contribution in [2.45, 2.75) is 50.5 Å². The van der Waals surface area contributed by atoms with Gasteiger partial charge >= 0.3 is 0 Å². The number of hydrogen-bond acceptors (Lipinski definition) is 2. The number of nitrogens with two attached hydrogens (primary N) is 1. The predicted octanol–water partition coefficient (Wildman–Crippen LogP) is 2.30. The summed E-state index contributed by atoms with van der Waals surface area (Å²) in [6.45, 7) is 6.04. The van der Waals surface area contributed by atoms with Crippen LogP contribution in [0.2, 0.25) is 0 Å². The van der Waals surface area contributed by atoms with E-state index in [1.54, 1.807) is 17.9 Å². The number of hydrogen-bond donors (Lipinski definition) is 1. The number of aryl methyl sites for hydroxylation is 1. The Labute approximate surface area is 100.0 Å². The van der Waals surface area contributed by atoms with Crippen LogP contribution in [0.3, 0.4) is 0 Å². The zero-order valence-electron chi connectivity index (χ0n) is 10.7. The molecule has 17 heavy (non-hydrogen) atoms. The van der Waals surface area contributed by atoms with E-state index in [-0.39, 0.29) is 18.3 Å². The van der Waals surface area contributed by atoms with Crippen molar-refractivity contribution in [2.24, 2.45) is 12.8 Å². The topological polar surface area (TPSA) is 43.8 Å². The third kappa shape index (κ3) is 2.08. The summed E-state index contributed by atoms with van der Waals surface area (Å²) in [5.41, 5.74) is 6.55. The van der Waals surface area contributed by atoms with Crippen LogP contribution in [0.5, 0.6) is 0 Å². The Kier molecular flexibility index (Phi) is 2.41. The van der Waals surface area contributed by atoms with Gasteiger partial charge in [-0.25, -0.2) is 8.78 Å². The van der Waals surface area contributed by atoms with Gasteiger partial charge in [0.1, 0.15) is 0 Å². The second-order valence-corrected chi connectivity index (χ2v) is 6.18. The van der Waals surface area contributed by atoms with Gasteiger partial charge in [0.25, 0.3) is 5.92 Å². The van der Waals surface area contributed by atoms with Crippen molar-refractivity contribution >= 4 is 0 Å². The highest BCUT2D eigenvalue weighted by molar-refractivity contribution is 5.34. The Bertz CT molecular complexity index is 435. The van der Waals surface area contributed by atoms with E-state index in [2.05, 4.69) is 5.10 Å². The van der Waals surface area contributed by atoms with E-state index in [9.17, 15) is 8.78 Å². The molecule has 0 spiro atoms. The average Bonchev–Trinajstić information content (AvgIpc) is 2.42. The van der Waals surface area contributed by atoms with Crippen LogP contribution in [-0.4, -0.2) is 15.7 Å². The Morgan fingerprint density at radius 1 is 1.35 bits per heavy atom. The van der Waals surface area contributed by atoms with Crippen molar-refractivity contribution in [1.82, 2.24) is 9.78 Å². The molecule has 96 valence electrons. The standard InChI is InChI=1S/C12H19F2N3/c1-10(2,3)9-8(5-17(4)16-9)11(15)6-12(13,14)7-11/h5H,6-7,15H2,1-4H3. The summed E-state index contributed by atoms with van der Waals surface area (Å²) in [5, 5.41) is 4.37. The zero-order valence-corrected chi connectivity index (χ0v) is 10.7. The summed E-state index contributed by atoms with van der Waals surface area (Å²) < 4.78 is 27.7. The van der Waals surface area contributed by atoms with Crippen LogP contribution in [0.15, 0.2) is 6.20 Å². The van der Waals surface area contributed by atoms with Gasteiger partial charge in [-0.15, -0.1) is 0 Å². The Morgan fingerprint density at radius 2 is 1.88 bits per heavy atom. The monoisotopic (exact) mass is 243 g/mol. The number of rotatable bonds is 1. The predicted molar refractivity (Wildman–Crippen MR) is 62.0 cm³/mol. The third-order valence-corrected chi connectivity index (χ3v) is 3.22. The van der Waals surface area contributed by atoms with Gasteiger partial charge in [-0.1, -0.05) is 20.8 Å². The first kappa shape index (κ1) is 12.5. The van der Waals surface area contributed by atoms with E-state index in [0.717, 1.165) is 11.3 Å². The molecule has 1 aromatic rings. The molecule has 0 unspecified atom stereocenters. The van der Waals surface area contributed by atoms with Gasteiger partial charge in [-0.05, 0) is 0 Å². The molecule has 0 atom stereocenters. The average molecular weight is 243 g/mol. The lowest BCUT2D eigenvalue weighted by atomic mass is 9.68. The molecule has 3 nitrogen and oxygen atoms in total. The maximum Gasteiger partial charge on any atom is 0.252 e. The highest BCUT2D eigenvalue weighted by Gasteiger charge is 2.56. The van der Waals surface area contributed by atoms with Gasteiger partial charge in [-0.3, -0.25) is 4.68 Å².